The Morgan fingerprint density at radius 3 is 2.66 bits per heavy atom. The summed E-state index contributed by atoms with van der Waals surface area (Å²) in [4.78, 5) is 11.0. The lowest BCUT2D eigenvalue weighted by molar-refractivity contribution is 0.0680. The van der Waals surface area contributed by atoms with E-state index in [1.165, 1.54) is 10.7 Å². The third-order valence-electron chi connectivity index (χ3n) is 5.36. The molecule has 32 heavy (non-hydrogen) atoms. The van der Waals surface area contributed by atoms with Gasteiger partial charge in [0.15, 0.2) is 0 Å². The normalized spacial score (nSPS) is 14.0. The van der Waals surface area contributed by atoms with Crippen LogP contribution in [0.15, 0.2) is 55.1 Å². The van der Waals surface area contributed by atoms with E-state index < -0.39 is 5.82 Å². The molecule has 1 N–H and O–H groups in total. The topological polar surface area (TPSA) is 97.7 Å². The van der Waals surface area contributed by atoms with Gasteiger partial charge in [0, 0.05) is 31.0 Å². The first kappa shape index (κ1) is 20.0. The molecule has 162 valence electrons. The molecule has 1 saturated heterocycles. The van der Waals surface area contributed by atoms with Gasteiger partial charge in [-0.2, -0.15) is 0 Å². The average molecular weight is 432 g/mol. The maximum atomic E-state index is 14.3. The van der Waals surface area contributed by atoms with Crippen molar-refractivity contribution in [2.45, 2.75) is 6.92 Å². The van der Waals surface area contributed by atoms with Crippen LogP contribution < -0.4 is 0 Å². The highest BCUT2D eigenvalue weighted by Gasteiger charge is 2.19. The monoisotopic (exact) mass is 432 g/mol. The maximum Gasteiger partial charge on any atom is 0.148 e. The number of halogens is 1. The standard InChI is InChI=1S/C22H21FN8O/c1-15-21(31(28-27-15)19-5-3-2-4-17(19)23)18-13-30(14-26-18)20-7-6-16(12-25-20)22(24)29-8-10-32-11-9-29/h2-7,12-14,24H,8-11H2,1H3. The number of aromatic nitrogens is 6. The first-order valence-electron chi connectivity index (χ1n) is 10.2. The fraction of sp³-hybridized carbons (Fsp3) is 0.227. The number of rotatable bonds is 4. The van der Waals surface area contributed by atoms with E-state index in [-0.39, 0.29) is 0 Å². The molecule has 4 heterocycles. The second-order valence-electron chi connectivity index (χ2n) is 7.41. The summed E-state index contributed by atoms with van der Waals surface area (Å²) in [5, 5.41) is 16.6. The van der Waals surface area contributed by atoms with E-state index in [0.29, 0.717) is 60.7 Å². The van der Waals surface area contributed by atoms with Crippen LogP contribution >= 0.6 is 0 Å². The van der Waals surface area contributed by atoms with Crippen LogP contribution in [0.1, 0.15) is 11.3 Å². The number of nitrogens with zero attached hydrogens (tertiary/aromatic N) is 7. The molecule has 0 amide bonds. The van der Waals surface area contributed by atoms with Gasteiger partial charge in [0.1, 0.15) is 40.9 Å². The van der Waals surface area contributed by atoms with Crippen LogP contribution in [0.25, 0.3) is 22.9 Å². The second-order valence-corrected chi connectivity index (χ2v) is 7.41. The van der Waals surface area contributed by atoms with Crippen molar-refractivity contribution in [2.24, 2.45) is 0 Å². The summed E-state index contributed by atoms with van der Waals surface area (Å²) in [7, 11) is 0. The van der Waals surface area contributed by atoms with Crippen molar-refractivity contribution in [3.63, 3.8) is 0 Å². The fourth-order valence-electron chi connectivity index (χ4n) is 3.66. The van der Waals surface area contributed by atoms with Gasteiger partial charge in [-0.25, -0.2) is 19.0 Å². The lowest BCUT2D eigenvalue weighted by Crippen LogP contribution is -2.40. The van der Waals surface area contributed by atoms with E-state index in [4.69, 9.17) is 10.1 Å². The van der Waals surface area contributed by atoms with E-state index in [2.05, 4.69) is 20.3 Å². The van der Waals surface area contributed by atoms with E-state index in [1.54, 1.807) is 41.5 Å². The van der Waals surface area contributed by atoms with Crippen LogP contribution in [0.2, 0.25) is 0 Å². The zero-order valence-corrected chi connectivity index (χ0v) is 17.4. The second kappa shape index (κ2) is 8.31. The molecule has 0 spiro atoms. The Morgan fingerprint density at radius 1 is 1.09 bits per heavy atom. The summed E-state index contributed by atoms with van der Waals surface area (Å²) in [5.41, 5.74) is 2.90. The van der Waals surface area contributed by atoms with Crippen molar-refractivity contribution in [3.8, 4) is 22.9 Å². The number of hydrogen-bond donors (Lipinski definition) is 1. The third kappa shape index (κ3) is 3.65. The summed E-state index contributed by atoms with van der Waals surface area (Å²) in [6.45, 7) is 4.47. The van der Waals surface area contributed by atoms with Crippen molar-refractivity contribution in [1.82, 2.24) is 34.4 Å². The molecular weight excluding hydrogens is 411 g/mol. The highest BCUT2D eigenvalue weighted by molar-refractivity contribution is 5.96. The fourth-order valence-corrected chi connectivity index (χ4v) is 3.66. The summed E-state index contributed by atoms with van der Waals surface area (Å²) < 4.78 is 22.9. The highest BCUT2D eigenvalue weighted by atomic mass is 19.1. The lowest BCUT2D eigenvalue weighted by atomic mass is 10.2. The Bertz CT molecular complexity index is 1260. The maximum absolute atomic E-state index is 14.3. The number of benzene rings is 1. The Hall–Kier alpha value is -3.92. The van der Waals surface area contributed by atoms with E-state index in [9.17, 15) is 4.39 Å². The molecule has 0 bridgehead atoms. The third-order valence-corrected chi connectivity index (χ3v) is 5.36. The van der Waals surface area contributed by atoms with Gasteiger partial charge in [-0.3, -0.25) is 9.98 Å². The predicted molar refractivity (Wildman–Crippen MR) is 116 cm³/mol. The molecule has 1 aliphatic heterocycles. The Balaban J connectivity index is 1.42. The summed E-state index contributed by atoms with van der Waals surface area (Å²) >= 11 is 0. The molecule has 0 atom stereocenters. The van der Waals surface area contributed by atoms with Crippen LogP contribution in [0.4, 0.5) is 4.39 Å². The van der Waals surface area contributed by atoms with Gasteiger partial charge in [-0.1, -0.05) is 17.3 Å². The van der Waals surface area contributed by atoms with Crippen LogP contribution in [0.5, 0.6) is 0 Å². The van der Waals surface area contributed by atoms with Gasteiger partial charge in [0.25, 0.3) is 0 Å². The van der Waals surface area contributed by atoms with Crippen molar-refractivity contribution in [3.05, 3.63) is 72.2 Å². The molecule has 9 nitrogen and oxygen atoms in total. The molecule has 0 radical (unpaired) electrons. The zero-order valence-electron chi connectivity index (χ0n) is 17.4. The summed E-state index contributed by atoms with van der Waals surface area (Å²) in [6.07, 6.45) is 5.13. The molecular formula is C22H21FN8O. The van der Waals surface area contributed by atoms with E-state index in [0.717, 1.165) is 5.56 Å². The van der Waals surface area contributed by atoms with Gasteiger partial charge in [-0.15, -0.1) is 5.10 Å². The van der Waals surface area contributed by atoms with Crippen molar-refractivity contribution < 1.29 is 9.13 Å². The van der Waals surface area contributed by atoms with Crippen LogP contribution in [0.3, 0.4) is 0 Å². The number of imidazole rings is 1. The van der Waals surface area contributed by atoms with E-state index in [1.807, 2.05) is 24.0 Å². The number of amidine groups is 1. The molecule has 0 aliphatic carbocycles. The SMILES string of the molecule is Cc1nnn(-c2ccccc2F)c1-c1cn(-c2ccc(C(=N)N3CCOCC3)cn2)cn1. The lowest BCUT2D eigenvalue weighted by Gasteiger charge is -2.28. The van der Waals surface area contributed by atoms with Gasteiger partial charge in [0.05, 0.1) is 18.9 Å². The van der Waals surface area contributed by atoms with Crippen LogP contribution in [0, 0.1) is 18.2 Å². The van der Waals surface area contributed by atoms with Gasteiger partial charge in [-0.05, 0) is 31.2 Å². The number of nitrogens with one attached hydrogen (secondary N) is 1. The number of hydrogen-bond acceptors (Lipinski definition) is 6. The number of ether oxygens (including phenoxy) is 1. The minimum Gasteiger partial charge on any atom is -0.378 e. The molecule has 4 aromatic rings. The number of aryl methyl sites for hydroxylation is 1. The van der Waals surface area contributed by atoms with Crippen LogP contribution in [-0.4, -0.2) is 66.6 Å². The first-order valence-corrected chi connectivity index (χ1v) is 10.2. The Labute approximate surface area is 183 Å². The molecule has 1 aliphatic rings. The minimum absolute atomic E-state index is 0.307. The van der Waals surface area contributed by atoms with Gasteiger partial charge in [0.2, 0.25) is 0 Å². The van der Waals surface area contributed by atoms with E-state index >= 15 is 0 Å². The predicted octanol–water partition coefficient (Wildman–Crippen LogP) is 2.62. The molecule has 3 aromatic heterocycles. The summed E-state index contributed by atoms with van der Waals surface area (Å²) in [5.74, 6) is 0.706. The van der Waals surface area contributed by atoms with Crippen LogP contribution in [-0.2, 0) is 4.74 Å². The van der Waals surface area contributed by atoms with Gasteiger partial charge < -0.3 is 9.64 Å². The zero-order chi connectivity index (χ0) is 22.1. The molecule has 10 heteroatoms. The van der Waals surface area contributed by atoms with Crippen molar-refractivity contribution in [2.75, 3.05) is 26.3 Å². The Kier molecular flexibility index (Phi) is 5.20. The minimum atomic E-state index is -0.391. The smallest absolute Gasteiger partial charge is 0.148 e. The molecule has 1 fully saturated rings. The quantitative estimate of drug-likeness (QED) is 0.393. The number of para-hydroxylation sites is 1. The number of pyridine rings is 1. The number of morpholine rings is 1. The first-order chi connectivity index (χ1) is 15.6. The Morgan fingerprint density at radius 2 is 1.91 bits per heavy atom. The van der Waals surface area contributed by atoms with Gasteiger partial charge >= 0.3 is 0 Å². The molecule has 5 rings (SSSR count). The summed E-state index contributed by atoms with van der Waals surface area (Å²) in [6, 6.07) is 10.1. The van der Waals surface area contributed by atoms with Crippen molar-refractivity contribution in [1.29, 1.82) is 5.41 Å². The molecule has 0 saturated carbocycles. The highest BCUT2D eigenvalue weighted by Crippen LogP contribution is 2.25. The molecule has 0 unspecified atom stereocenters. The molecule has 1 aromatic carbocycles. The average Bonchev–Trinajstić information content (AvgIpc) is 3.46. The largest absolute Gasteiger partial charge is 0.378 e. The van der Waals surface area contributed by atoms with Crippen molar-refractivity contribution >= 4 is 5.84 Å².